The van der Waals surface area contributed by atoms with Crippen molar-refractivity contribution in [2.75, 3.05) is 11.9 Å². The van der Waals surface area contributed by atoms with Crippen molar-refractivity contribution in [3.05, 3.63) is 29.8 Å². The van der Waals surface area contributed by atoms with Crippen LogP contribution in [0.2, 0.25) is 0 Å². The number of hydrogen-bond donors (Lipinski definition) is 1. The summed E-state index contributed by atoms with van der Waals surface area (Å²) in [5, 5.41) is 2.37. The molecule has 0 saturated carbocycles. The Morgan fingerprint density at radius 2 is 1.89 bits per heavy atom. The average Bonchev–Trinajstić information content (AvgIpc) is 2.35. The lowest BCUT2D eigenvalue weighted by Crippen LogP contribution is -2.17. The van der Waals surface area contributed by atoms with Crippen molar-refractivity contribution in [2.24, 2.45) is 5.92 Å². The fourth-order valence-corrected chi connectivity index (χ4v) is 1.23. The molecule has 1 rings (SSSR count). The van der Waals surface area contributed by atoms with Gasteiger partial charge >= 0.3 is 12.3 Å². The number of carbonyl (C=O) groups excluding carboxylic acids is 1. The standard InChI is InChI=1S/C13H16F3NO2/c1-3-9(2)8-19-12(18)17-11-6-4-10(5-7-11)13(14,15)16/h4-7,9H,3,8H2,1-2H3,(H,17,18). The molecular formula is C13H16F3NO2. The van der Waals surface area contributed by atoms with Gasteiger partial charge < -0.3 is 4.74 Å². The van der Waals surface area contributed by atoms with Crippen molar-refractivity contribution >= 4 is 11.8 Å². The molecule has 1 atom stereocenters. The SMILES string of the molecule is CCC(C)COC(=O)Nc1ccc(C(F)(F)F)cc1. The van der Waals surface area contributed by atoms with Gasteiger partial charge in [-0.05, 0) is 30.2 Å². The highest BCUT2D eigenvalue weighted by Crippen LogP contribution is 2.29. The number of rotatable bonds is 4. The van der Waals surface area contributed by atoms with Crippen LogP contribution in [0.1, 0.15) is 25.8 Å². The van der Waals surface area contributed by atoms with Crippen LogP contribution in [0.4, 0.5) is 23.7 Å². The minimum absolute atomic E-state index is 0.248. The minimum Gasteiger partial charge on any atom is -0.449 e. The maximum Gasteiger partial charge on any atom is 0.416 e. The quantitative estimate of drug-likeness (QED) is 0.889. The Bertz CT molecular complexity index is 415. The monoisotopic (exact) mass is 275 g/mol. The molecule has 0 spiro atoms. The van der Waals surface area contributed by atoms with Crippen molar-refractivity contribution < 1.29 is 22.7 Å². The first-order valence-electron chi connectivity index (χ1n) is 5.94. The summed E-state index contributed by atoms with van der Waals surface area (Å²) in [6, 6.07) is 4.19. The van der Waals surface area contributed by atoms with E-state index in [1.165, 1.54) is 12.1 Å². The lowest BCUT2D eigenvalue weighted by Gasteiger charge is -2.11. The number of halogens is 3. The molecule has 0 radical (unpaired) electrons. The zero-order valence-corrected chi connectivity index (χ0v) is 10.8. The fourth-order valence-electron chi connectivity index (χ4n) is 1.23. The van der Waals surface area contributed by atoms with E-state index in [0.29, 0.717) is 0 Å². The molecule has 1 unspecified atom stereocenters. The van der Waals surface area contributed by atoms with Gasteiger partial charge in [0.1, 0.15) is 0 Å². The summed E-state index contributed by atoms with van der Waals surface area (Å²) >= 11 is 0. The van der Waals surface area contributed by atoms with Crippen molar-refractivity contribution in [3.8, 4) is 0 Å². The Kier molecular flexibility index (Phi) is 5.20. The molecule has 1 aromatic rings. The Hall–Kier alpha value is -1.72. The smallest absolute Gasteiger partial charge is 0.416 e. The molecule has 6 heteroatoms. The summed E-state index contributed by atoms with van der Waals surface area (Å²) in [7, 11) is 0. The Labute approximate surface area is 109 Å². The largest absolute Gasteiger partial charge is 0.449 e. The second-order valence-corrected chi connectivity index (χ2v) is 4.31. The maximum atomic E-state index is 12.3. The fraction of sp³-hybridized carbons (Fsp3) is 0.462. The Morgan fingerprint density at radius 3 is 2.37 bits per heavy atom. The third-order valence-electron chi connectivity index (χ3n) is 2.65. The Balaban J connectivity index is 2.51. The van der Waals surface area contributed by atoms with E-state index in [4.69, 9.17) is 4.74 Å². The zero-order valence-electron chi connectivity index (χ0n) is 10.8. The van der Waals surface area contributed by atoms with Gasteiger partial charge in [0.2, 0.25) is 0 Å². The van der Waals surface area contributed by atoms with E-state index in [-0.39, 0.29) is 18.2 Å². The first kappa shape index (κ1) is 15.3. The maximum absolute atomic E-state index is 12.3. The van der Waals surface area contributed by atoms with Crippen LogP contribution < -0.4 is 5.32 Å². The van der Waals surface area contributed by atoms with E-state index in [9.17, 15) is 18.0 Å². The molecule has 1 aromatic carbocycles. The van der Waals surface area contributed by atoms with Gasteiger partial charge in [0.25, 0.3) is 0 Å². The summed E-state index contributed by atoms with van der Waals surface area (Å²) in [5.74, 6) is 0.248. The molecule has 0 aliphatic carbocycles. The van der Waals surface area contributed by atoms with Crippen LogP contribution in [0, 0.1) is 5.92 Å². The summed E-state index contributed by atoms with van der Waals surface area (Å²) in [5.41, 5.74) is -0.492. The predicted octanol–water partition coefficient (Wildman–Crippen LogP) is 4.30. The third kappa shape index (κ3) is 5.19. The highest BCUT2D eigenvalue weighted by molar-refractivity contribution is 5.84. The predicted molar refractivity (Wildman–Crippen MR) is 65.9 cm³/mol. The summed E-state index contributed by atoms with van der Waals surface area (Å²) in [6.45, 7) is 4.19. The van der Waals surface area contributed by atoms with Crippen molar-refractivity contribution in [1.29, 1.82) is 0 Å². The molecular weight excluding hydrogens is 259 g/mol. The summed E-state index contributed by atoms with van der Waals surface area (Å²) < 4.78 is 41.9. The van der Waals surface area contributed by atoms with Crippen LogP contribution in [0.15, 0.2) is 24.3 Å². The lowest BCUT2D eigenvalue weighted by atomic mass is 10.1. The number of alkyl halides is 3. The number of anilines is 1. The lowest BCUT2D eigenvalue weighted by molar-refractivity contribution is -0.137. The first-order valence-corrected chi connectivity index (χ1v) is 5.94. The molecule has 0 fully saturated rings. The third-order valence-corrected chi connectivity index (χ3v) is 2.65. The second-order valence-electron chi connectivity index (χ2n) is 4.31. The van der Waals surface area contributed by atoms with Crippen LogP contribution in [-0.4, -0.2) is 12.7 Å². The molecule has 0 saturated heterocycles. The van der Waals surface area contributed by atoms with Gasteiger partial charge in [0, 0.05) is 5.69 Å². The minimum atomic E-state index is -4.38. The molecule has 19 heavy (non-hydrogen) atoms. The molecule has 3 nitrogen and oxygen atoms in total. The van der Waals surface area contributed by atoms with Crippen LogP contribution in [0.3, 0.4) is 0 Å². The number of benzene rings is 1. The van der Waals surface area contributed by atoms with E-state index < -0.39 is 17.8 Å². The molecule has 106 valence electrons. The van der Waals surface area contributed by atoms with Gasteiger partial charge in [-0.15, -0.1) is 0 Å². The molecule has 0 bridgehead atoms. The molecule has 0 aliphatic heterocycles. The summed E-state index contributed by atoms with van der Waals surface area (Å²) in [4.78, 5) is 11.4. The first-order chi connectivity index (χ1) is 8.82. The second kappa shape index (κ2) is 6.45. The van der Waals surface area contributed by atoms with Gasteiger partial charge in [-0.2, -0.15) is 13.2 Å². The highest BCUT2D eigenvalue weighted by atomic mass is 19.4. The number of hydrogen-bond acceptors (Lipinski definition) is 2. The van der Waals surface area contributed by atoms with Gasteiger partial charge in [0.15, 0.2) is 0 Å². The van der Waals surface area contributed by atoms with Gasteiger partial charge in [-0.3, -0.25) is 5.32 Å². The van der Waals surface area contributed by atoms with Gasteiger partial charge in [-0.1, -0.05) is 20.3 Å². The van der Waals surface area contributed by atoms with Crippen LogP contribution in [0.5, 0.6) is 0 Å². The van der Waals surface area contributed by atoms with Crippen molar-refractivity contribution in [3.63, 3.8) is 0 Å². The van der Waals surface area contributed by atoms with Crippen molar-refractivity contribution in [2.45, 2.75) is 26.4 Å². The summed E-state index contributed by atoms with van der Waals surface area (Å²) in [6.07, 6.45) is -4.16. The molecule has 0 aliphatic rings. The van der Waals surface area contributed by atoms with Crippen LogP contribution in [-0.2, 0) is 10.9 Å². The van der Waals surface area contributed by atoms with Gasteiger partial charge in [0.05, 0.1) is 12.2 Å². The average molecular weight is 275 g/mol. The topological polar surface area (TPSA) is 38.3 Å². The van der Waals surface area contributed by atoms with Crippen LogP contribution >= 0.6 is 0 Å². The van der Waals surface area contributed by atoms with E-state index in [1.54, 1.807) is 0 Å². The zero-order chi connectivity index (χ0) is 14.5. The molecule has 1 N–H and O–H groups in total. The number of amides is 1. The van der Waals surface area contributed by atoms with E-state index >= 15 is 0 Å². The number of ether oxygens (including phenoxy) is 1. The highest BCUT2D eigenvalue weighted by Gasteiger charge is 2.29. The van der Waals surface area contributed by atoms with E-state index in [0.717, 1.165) is 18.6 Å². The van der Waals surface area contributed by atoms with Crippen molar-refractivity contribution in [1.82, 2.24) is 0 Å². The van der Waals surface area contributed by atoms with Crippen LogP contribution in [0.25, 0.3) is 0 Å². The normalized spacial score (nSPS) is 12.9. The molecule has 1 amide bonds. The van der Waals surface area contributed by atoms with E-state index in [1.807, 2.05) is 13.8 Å². The number of carbonyl (C=O) groups is 1. The molecule has 0 heterocycles. The van der Waals surface area contributed by atoms with Gasteiger partial charge in [-0.25, -0.2) is 4.79 Å². The van der Waals surface area contributed by atoms with E-state index in [2.05, 4.69) is 5.32 Å². The number of nitrogens with one attached hydrogen (secondary N) is 1. The Morgan fingerprint density at radius 1 is 1.32 bits per heavy atom. The molecule has 0 aromatic heterocycles.